The normalized spacial score (nSPS) is 12.7. The fraction of sp³-hybridized carbons (Fsp3) is 0.0833. The summed E-state index contributed by atoms with van der Waals surface area (Å²) in [6, 6.07) is 29.8. The second-order valence-corrected chi connectivity index (χ2v) is 6.70. The molecule has 0 unspecified atom stereocenters. The zero-order valence-corrected chi connectivity index (χ0v) is 14.6. The molecule has 1 aromatic heterocycles. The van der Waals surface area contributed by atoms with Gasteiger partial charge in [-0.3, -0.25) is 0 Å². The minimum atomic E-state index is 0.159. The topological polar surface area (TPSA) is 25.8 Å². The molecule has 0 amide bonds. The Bertz CT molecular complexity index is 1050. The second kappa shape index (κ2) is 5.92. The average molecular weight is 334 g/mol. The molecule has 124 valence electrons. The van der Waals surface area contributed by atoms with Gasteiger partial charge in [-0.2, -0.15) is 0 Å². The largest absolute Gasteiger partial charge is 0.237 e. The van der Waals surface area contributed by atoms with Crippen LogP contribution in [0, 0.1) is 6.92 Å². The fourth-order valence-electron chi connectivity index (χ4n) is 3.97. The van der Waals surface area contributed by atoms with Crippen molar-refractivity contribution < 1.29 is 0 Å². The molecule has 0 bridgehead atoms. The van der Waals surface area contributed by atoms with E-state index < -0.39 is 0 Å². The van der Waals surface area contributed by atoms with Gasteiger partial charge < -0.3 is 0 Å². The predicted molar refractivity (Wildman–Crippen MR) is 105 cm³/mol. The third kappa shape index (κ3) is 2.34. The van der Waals surface area contributed by atoms with Crippen LogP contribution in [0.25, 0.3) is 22.4 Å². The molecule has 0 saturated carbocycles. The van der Waals surface area contributed by atoms with Crippen LogP contribution < -0.4 is 0 Å². The van der Waals surface area contributed by atoms with E-state index in [1.54, 1.807) is 0 Å². The molecule has 0 radical (unpaired) electrons. The maximum absolute atomic E-state index is 4.83. The molecule has 4 aromatic rings. The summed E-state index contributed by atoms with van der Waals surface area (Å²) in [6.07, 6.45) is 0. The molecular formula is C24H18N2. The van der Waals surface area contributed by atoms with E-state index in [1.807, 2.05) is 25.1 Å². The molecular weight excluding hydrogens is 316 g/mol. The van der Waals surface area contributed by atoms with Crippen LogP contribution in [0.5, 0.6) is 0 Å². The van der Waals surface area contributed by atoms with E-state index in [-0.39, 0.29) is 5.92 Å². The number of aromatic nitrogens is 2. The molecule has 2 nitrogen and oxygen atoms in total. The molecule has 0 spiro atoms. The standard InChI is InChI=1S/C24H18N2/c1-16-25-22(17-9-3-2-4-10-17)15-23(26-16)24-20-13-7-5-11-18(20)19-12-6-8-14-21(19)24/h2-15,24H,1H3. The molecule has 26 heavy (non-hydrogen) atoms. The fourth-order valence-corrected chi connectivity index (χ4v) is 3.97. The first-order valence-corrected chi connectivity index (χ1v) is 8.90. The van der Waals surface area contributed by atoms with Crippen LogP contribution in [0.3, 0.4) is 0 Å². The van der Waals surface area contributed by atoms with Gasteiger partial charge >= 0.3 is 0 Å². The van der Waals surface area contributed by atoms with Crippen LogP contribution in [-0.4, -0.2) is 9.97 Å². The van der Waals surface area contributed by atoms with Gasteiger partial charge in [0.2, 0.25) is 0 Å². The van der Waals surface area contributed by atoms with E-state index in [0.717, 1.165) is 22.8 Å². The van der Waals surface area contributed by atoms with Gasteiger partial charge in [-0.05, 0) is 35.2 Å². The van der Waals surface area contributed by atoms with Gasteiger partial charge in [0, 0.05) is 5.56 Å². The highest BCUT2D eigenvalue weighted by atomic mass is 14.9. The van der Waals surface area contributed by atoms with E-state index in [4.69, 9.17) is 4.98 Å². The summed E-state index contributed by atoms with van der Waals surface area (Å²) >= 11 is 0. The summed E-state index contributed by atoms with van der Waals surface area (Å²) in [5, 5.41) is 0. The lowest BCUT2D eigenvalue weighted by atomic mass is 9.92. The van der Waals surface area contributed by atoms with Gasteiger partial charge in [-0.1, -0.05) is 78.9 Å². The summed E-state index contributed by atoms with van der Waals surface area (Å²) in [5.74, 6) is 0.967. The maximum atomic E-state index is 4.83. The molecule has 2 heteroatoms. The highest BCUT2D eigenvalue weighted by Crippen LogP contribution is 2.47. The number of hydrogen-bond donors (Lipinski definition) is 0. The van der Waals surface area contributed by atoms with E-state index in [1.165, 1.54) is 22.3 Å². The van der Waals surface area contributed by atoms with Crippen molar-refractivity contribution in [3.05, 3.63) is 108 Å². The number of hydrogen-bond acceptors (Lipinski definition) is 2. The summed E-state index contributed by atoms with van der Waals surface area (Å²) < 4.78 is 0. The van der Waals surface area contributed by atoms with Crippen LogP contribution in [0.1, 0.15) is 28.6 Å². The minimum absolute atomic E-state index is 0.159. The van der Waals surface area contributed by atoms with Crippen molar-refractivity contribution in [2.24, 2.45) is 0 Å². The number of benzene rings is 3. The molecule has 0 saturated heterocycles. The van der Waals surface area contributed by atoms with Gasteiger partial charge in [-0.15, -0.1) is 0 Å². The Balaban J connectivity index is 1.73. The van der Waals surface area contributed by atoms with Crippen molar-refractivity contribution in [1.29, 1.82) is 0 Å². The lowest BCUT2D eigenvalue weighted by Crippen LogP contribution is -2.05. The molecule has 0 N–H and O–H groups in total. The van der Waals surface area contributed by atoms with Crippen LogP contribution in [-0.2, 0) is 0 Å². The molecule has 1 aliphatic rings. The lowest BCUT2D eigenvalue weighted by Gasteiger charge is -2.15. The lowest BCUT2D eigenvalue weighted by molar-refractivity contribution is 0.900. The first kappa shape index (κ1) is 15.0. The number of fused-ring (bicyclic) bond motifs is 3. The van der Waals surface area contributed by atoms with Gasteiger partial charge in [-0.25, -0.2) is 9.97 Å². The molecule has 0 fully saturated rings. The van der Waals surface area contributed by atoms with Crippen LogP contribution in [0.4, 0.5) is 0 Å². The Morgan fingerprint density at radius 2 is 1.23 bits per heavy atom. The SMILES string of the molecule is Cc1nc(-c2ccccc2)cc(C2c3ccccc3-c3ccccc32)n1. The Hall–Kier alpha value is -3.26. The zero-order chi connectivity index (χ0) is 17.5. The van der Waals surface area contributed by atoms with Gasteiger partial charge in [0.1, 0.15) is 5.82 Å². The molecule has 3 aromatic carbocycles. The predicted octanol–water partition coefficient (Wildman–Crippen LogP) is 5.61. The molecule has 1 heterocycles. The third-order valence-corrected chi connectivity index (χ3v) is 5.06. The average Bonchev–Trinajstić information content (AvgIpc) is 3.03. The Morgan fingerprint density at radius 3 is 1.88 bits per heavy atom. The Kier molecular flexibility index (Phi) is 3.42. The summed E-state index contributed by atoms with van der Waals surface area (Å²) in [7, 11) is 0. The van der Waals surface area contributed by atoms with Crippen molar-refractivity contribution in [1.82, 2.24) is 9.97 Å². The highest BCUT2D eigenvalue weighted by Gasteiger charge is 2.30. The van der Waals surface area contributed by atoms with E-state index in [0.29, 0.717) is 0 Å². The number of nitrogens with zero attached hydrogens (tertiary/aromatic N) is 2. The van der Waals surface area contributed by atoms with Gasteiger partial charge in [0.15, 0.2) is 0 Å². The zero-order valence-electron chi connectivity index (χ0n) is 14.6. The van der Waals surface area contributed by atoms with E-state index in [9.17, 15) is 0 Å². The Morgan fingerprint density at radius 1 is 0.654 bits per heavy atom. The van der Waals surface area contributed by atoms with Crippen molar-refractivity contribution >= 4 is 0 Å². The number of rotatable bonds is 2. The minimum Gasteiger partial charge on any atom is -0.237 e. The quantitative estimate of drug-likeness (QED) is 0.419. The van der Waals surface area contributed by atoms with E-state index >= 15 is 0 Å². The summed E-state index contributed by atoms with van der Waals surface area (Å²) in [6.45, 7) is 1.97. The van der Waals surface area contributed by atoms with E-state index in [2.05, 4.69) is 71.7 Å². The molecule has 1 aliphatic carbocycles. The van der Waals surface area contributed by atoms with Gasteiger partial charge in [0.05, 0.1) is 17.3 Å². The van der Waals surface area contributed by atoms with Crippen LogP contribution in [0.2, 0.25) is 0 Å². The van der Waals surface area contributed by atoms with Crippen LogP contribution >= 0.6 is 0 Å². The van der Waals surface area contributed by atoms with Gasteiger partial charge in [0.25, 0.3) is 0 Å². The smallest absolute Gasteiger partial charge is 0.126 e. The highest BCUT2D eigenvalue weighted by molar-refractivity contribution is 5.80. The van der Waals surface area contributed by atoms with Crippen LogP contribution in [0.15, 0.2) is 84.9 Å². The van der Waals surface area contributed by atoms with Crippen molar-refractivity contribution in [2.45, 2.75) is 12.8 Å². The maximum Gasteiger partial charge on any atom is 0.126 e. The molecule has 0 atom stereocenters. The summed E-state index contributed by atoms with van der Waals surface area (Å²) in [5.41, 5.74) is 8.44. The number of aryl methyl sites for hydroxylation is 1. The Labute approximate surface area is 153 Å². The van der Waals surface area contributed by atoms with Crippen molar-refractivity contribution in [3.63, 3.8) is 0 Å². The molecule has 5 rings (SSSR count). The monoisotopic (exact) mass is 334 g/mol. The van der Waals surface area contributed by atoms with Crippen molar-refractivity contribution in [3.8, 4) is 22.4 Å². The van der Waals surface area contributed by atoms with Crippen molar-refractivity contribution in [2.75, 3.05) is 0 Å². The summed E-state index contributed by atoms with van der Waals surface area (Å²) in [4.78, 5) is 9.50. The molecule has 0 aliphatic heterocycles. The third-order valence-electron chi connectivity index (χ3n) is 5.06. The first-order valence-electron chi connectivity index (χ1n) is 8.90. The second-order valence-electron chi connectivity index (χ2n) is 6.70. The first-order chi connectivity index (χ1) is 12.8.